The lowest BCUT2D eigenvalue weighted by Gasteiger charge is -2.32. The Bertz CT molecular complexity index is 966. The number of carbonyl (C=O) groups is 1. The first-order valence-corrected chi connectivity index (χ1v) is 9.45. The first kappa shape index (κ1) is 20.0. The van der Waals surface area contributed by atoms with Crippen LogP contribution >= 0.6 is 11.6 Å². The molecule has 1 saturated heterocycles. The van der Waals surface area contributed by atoms with E-state index in [1.807, 2.05) is 24.3 Å². The summed E-state index contributed by atoms with van der Waals surface area (Å²) >= 11 is 6.02. The third-order valence-electron chi connectivity index (χ3n) is 4.83. The van der Waals surface area contributed by atoms with Gasteiger partial charge in [-0.3, -0.25) is 4.79 Å². The minimum absolute atomic E-state index is 0.250. The molecule has 1 aromatic heterocycles. The van der Waals surface area contributed by atoms with Gasteiger partial charge in [0.25, 0.3) is 6.47 Å². The SMILES string of the molecule is CC1CCCN(c2ncnc3c(F)ccc(-c4ccc(Cl)cc4)c23)C1.O=CO. The van der Waals surface area contributed by atoms with Crippen molar-refractivity contribution < 1.29 is 14.3 Å². The summed E-state index contributed by atoms with van der Waals surface area (Å²) in [5, 5.41) is 8.34. The number of anilines is 1. The van der Waals surface area contributed by atoms with Gasteiger partial charge in [-0.1, -0.05) is 36.7 Å². The molecule has 2 aromatic carbocycles. The number of hydrogen-bond acceptors (Lipinski definition) is 4. The Morgan fingerprint density at radius 3 is 2.61 bits per heavy atom. The van der Waals surface area contributed by atoms with Crippen LogP contribution in [-0.2, 0) is 4.79 Å². The van der Waals surface area contributed by atoms with Crippen molar-refractivity contribution in [2.45, 2.75) is 19.8 Å². The predicted octanol–water partition coefficient (Wildman–Crippen LogP) is 5.03. The van der Waals surface area contributed by atoms with E-state index in [2.05, 4.69) is 21.8 Å². The zero-order valence-corrected chi connectivity index (χ0v) is 16.2. The molecule has 0 aliphatic carbocycles. The first-order chi connectivity index (χ1) is 13.5. The summed E-state index contributed by atoms with van der Waals surface area (Å²) in [6.07, 6.45) is 3.81. The summed E-state index contributed by atoms with van der Waals surface area (Å²) in [5.41, 5.74) is 2.29. The molecule has 3 aromatic rings. The number of nitrogens with zero attached hydrogens (tertiary/aromatic N) is 3. The Morgan fingerprint density at radius 2 is 1.93 bits per heavy atom. The molecule has 1 aliphatic heterocycles. The van der Waals surface area contributed by atoms with Gasteiger partial charge < -0.3 is 10.0 Å². The van der Waals surface area contributed by atoms with Gasteiger partial charge >= 0.3 is 0 Å². The average molecular weight is 402 g/mol. The highest BCUT2D eigenvalue weighted by Crippen LogP contribution is 2.36. The van der Waals surface area contributed by atoms with Crippen LogP contribution in [0, 0.1) is 11.7 Å². The topological polar surface area (TPSA) is 66.3 Å². The monoisotopic (exact) mass is 401 g/mol. The van der Waals surface area contributed by atoms with Crippen molar-refractivity contribution in [3.8, 4) is 11.1 Å². The molecular weight excluding hydrogens is 381 g/mol. The van der Waals surface area contributed by atoms with Crippen LogP contribution in [0.25, 0.3) is 22.0 Å². The van der Waals surface area contributed by atoms with Gasteiger partial charge in [-0.05, 0) is 48.1 Å². The fourth-order valence-electron chi connectivity index (χ4n) is 3.62. The number of halogens is 2. The number of carboxylic acid groups (broad SMARTS) is 1. The molecule has 28 heavy (non-hydrogen) atoms. The Morgan fingerprint density at radius 1 is 1.21 bits per heavy atom. The van der Waals surface area contributed by atoms with Crippen molar-refractivity contribution in [1.82, 2.24) is 9.97 Å². The number of rotatable bonds is 2. The zero-order valence-electron chi connectivity index (χ0n) is 15.5. The molecule has 1 aliphatic rings. The number of piperidine rings is 1. The van der Waals surface area contributed by atoms with Crippen molar-refractivity contribution in [2.24, 2.45) is 5.92 Å². The van der Waals surface area contributed by atoms with Gasteiger partial charge in [0.1, 0.15) is 23.5 Å². The molecule has 1 fully saturated rings. The molecule has 0 amide bonds. The molecule has 0 bridgehead atoms. The summed E-state index contributed by atoms with van der Waals surface area (Å²) in [7, 11) is 0. The molecule has 1 atom stereocenters. The summed E-state index contributed by atoms with van der Waals surface area (Å²) in [4.78, 5) is 19.4. The van der Waals surface area contributed by atoms with Crippen molar-refractivity contribution in [1.29, 1.82) is 0 Å². The fourth-order valence-corrected chi connectivity index (χ4v) is 3.74. The number of benzene rings is 2. The van der Waals surface area contributed by atoms with Gasteiger partial charge in [-0.2, -0.15) is 0 Å². The highest BCUT2D eigenvalue weighted by atomic mass is 35.5. The lowest BCUT2D eigenvalue weighted by Crippen LogP contribution is -2.35. The van der Waals surface area contributed by atoms with Crippen LogP contribution in [0.1, 0.15) is 19.8 Å². The molecule has 4 rings (SSSR count). The maximum atomic E-state index is 14.4. The molecule has 2 heterocycles. The largest absolute Gasteiger partial charge is 0.483 e. The second-order valence-corrected chi connectivity index (χ2v) is 7.26. The lowest BCUT2D eigenvalue weighted by molar-refractivity contribution is -0.122. The minimum atomic E-state index is -0.318. The van der Waals surface area contributed by atoms with E-state index in [-0.39, 0.29) is 12.3 Å². The van der Waals surface area contributed by atoms with Gasteiger partial charge in [0.05, 0.1) is 5.39 Å². The van der Waals surface area contributed by atoms with Crippen LogP contribution < -0.4 is 4.90 Å². The molecule has 1 unspecified atom stereocenters. The van der Waals surface area contributed by atoms with Crippen LogP contribution in [0.3, 0.4) is 0 Å². The highest BCUT2D eigenvalue weighted by Gasteiger charge is 2.22. The van der Waals surface area contributed by atoms with E-state index in [9.17, 15) is 4.39 Å². The third kappa shape index (κ3) is 4.22. The summed E-state index contributed by atoms with van der Waals surface area (Å²) in [6, 6.07) is 10.9. The zero-order chi connectivity index (χ0) is 20.1. The van der Waals surface area contributed by atoms with Gasteiger partial charge in [0.2, 0.25) is 0 Å². The second kappa shape index (κ2) is 8.97. The average Bonchev–Trinajstić information content (AvgIpc) is 2.70. The molecule has 0 radical (unpaired) electrons. The minimum Gasteiger partial charge on any atom is -0.483 e. The summed E-state index contributed by atoms with van der Waals surface area (Å²) in [6.45, 7) is 3.87. The van der Waals surface area contributed by atoms with E-state index >= 15 is 0 Å². The standard InChI is InChI=1S/C20H19ClFN3.CH2O2/c1-13-3-2-10-25(11-13)20-18-16(14-4-6-15(21)7-5-14)8-9-17(22)19(18)23-12-24-20;2-1-3/h4-9,12-13H,2-3,10-11H2,1H3;1H,(H,2,3). The summed E-state index contributed by atoms with van der Waals surface area (Å²) in [5.74, 6) is 1.11. The Labute approximate surface area is 167 Å². The number of aromatic nitrogens is 2. The highest BCUT2D eigenvalue weighted by molar-refractivity contribution is 6.30. The van der Waals surface area contributed by atoms with Gasteiger partial charge in [-0.15, -0.1) is 0 Å². The van der Waals surface area contributed by atoms with Gasteiger partial charge in [0.15, 0.2) is 0 Å². The maximum Gasteiger partial charge on any atom is 0.290 e. The molecular formula is C21H21ClFN3O2. The lowest BCUT2D eigenvalue weighted by atomic mass is 9.97. The number of fused-ring (bicyclic) bond motifs is 1. The van der Waals surface area contributed by atoms with Crippen molar-refractivity contribution in [3.05, 3.63) is 53.6 Å². The Balaban J connectivity index is 0.000000706. The van der Waals surface area contributed by atoms with E-state index < -0.39 is 0 Å². The fraction of sp³-hybridized carbons (Fsp3) is 0.286. The van der Waals surface area contributed by atoms with E-state index in [1.54, 1.807) is 6.07 Å². The Kier molecular flexibility index (Phi) is 6.41. The second-order valence-electron chi connectivity index (χ2n) is 6.82. The molecule has 146 valence electrons. The number of hydrogen-bond donors (Lipinski definition) is 1. The molecule has 0 saturated carbocycles. The van der Waals surface area contributed by atoms with Crippen LogP contribution in [0.4, 0.5) is 10.2 Å². The Hall–Kier alpha value is -2.73. The molecule has 7 heteroatoms. The van der Waals surface area contributed by atoms with Crippen molar-refractivity contribution >= 4 is 34.8 Å². The summed E-state index contributed by atoms with van der Waals surface area (Å²) < 4.78 is 14.4. The third-order valence-corrected chi connectivity index (χ3v) is 5.08. The molecule has 0 spiro atoms. The van der Waals surface area contributed by atoms with Crippen LogP contribution in [0.5, 0.6) is 0 Å². The predicted molar refractivity (Wildman–Crippen MR) is 109 cm³/mol. The van der Waals surface area contributed by atoms with E-state index in [4.69, 9.17) is 21.5 Å². The van der Waals surface area contributed by atoms with E-state index in [1.165, 1.54) is 18.8 Å². The molecule has 5 nitrogen and oxygen atoms in total. The van der Waals surface area contributed by atoms with Crippen molar-refractivity contribution in [2.75, 3.05) is 18.0 Å². The van der Waals surface area contributed by atoms with Crippen molar-refractivity contribution in [3.63, 3.8) is 0 Å². The smallest absolute Gasteiger partial charge is 0.290 e. The van der Waals surface area contributed by atoms with Gasteiger partial charge in [-0.25, -0.2) is 14.4 Å². The maximum absolute atomic E-state index is 14.4. The van der Waals surface area contributed by atoms with E-state index in [0.29, 0.717) is 16.5 Å². The van der Waals surface area contributed by atoms with Gasteiger partial charge in [0, 0.05) is 18.1 Å². The van der Waals surface area contributed by atoms with Crippen LogP contribution in [-0.4, -0.2) is 34.6 Å². The van der Waals surface area contributed by atoms with E-state index in [0.717, 1.165) is 41.8 Å². The molecule has 1 N–H and O–H groups in total. The van der Waals surface area contributed by atoms with Crippen LogP contribution in [0.2, 0.25) is 5.02 Å². The quantitative estimate of drug-likeness (QED) is 0.610. The van der Waals surface area contributed by atoms with Crippen LogP contribution in [0.15, 0.2) is 42.7 Å². The first-order valence-electron chi connectivity index (χ1n) is 9.07. The normalized spacial score (nSPS) is 16.4.